The molecule has 0 aliphatic heterocycles. The van der Waals surface area contributed by atoms with E-state index >= 15 is 0 Å². The molecule has 4 aromatic rings. The number of unbranched alkanes of at least 4 members (excludes halogenated alkanes) is 1. The van der Waals surface area contributed by atoms with Crippen LogP contribution in [0.25, 0.3) is 27.6 Å². The van der Waals surface area contributed by atoms with E-state index in [9.17, 15) is 0 Å². The Hall–Kier alpha value is -2.95. The van der Waals surface area contributed by atoms with Gasteiger partial charge in [-0.05, 0) is 72.2 Å². The summed E-state index contributed by atoms with van der Waals surface area (Å²) in [5, 5.41) is 2.19. The van der Waals surface area contributed by atoms with Crippen molar-refractivity contribution in [3.63, 3.8) is 0 Å². The van der Waals surface area contributed by atoms with Gasteiger partial charge in [-0.25, -0.2) is 4.98 Å². The van der Waals surface area contributed by atoms with Crippen molar-refractivity contribution >= 4 is 27.6 Å². The first-order valence-corrected chi connectivity index (χ1v) is 11.6. The minimum Gasteiger partial charge on any atom is -0.296 e. The van der Waals surface area contributed by atoms with Gasteiger partial charge in [0, 0.05) is 17.3 Å². The number of hydrogen-bond acceptors (Lipinski definition) is 3. The molecule has 0 spiro atoms. The molecule has 0 saturated heterocycles. The third kappa shape index (κ3) is 4.34. The summed E-state index contributed by atoms with van der Waals surface area (Å²) in [6.45, 7) is 16.0. The summed E-state index contributed by atoms with van der Waals surface area (Å²) in [6, 6.07) is 16.8. The predicted octanol–water partition coefficient (Wildman–Crippen LogP) is 5.64. The molecule has 2 heterocycles. The van der Waals surface area contributed by atoms with Crippen LogP contribution in [-0.2, 0) is 6.54 Å². The Balaban J connectivity index is 2.39. The Bertz CT molecular complexity index is 1420. The summed E-state index contributed by atoms with van der Waals surface area (Å²) >= 11 is 0. The summed E-state index contributed by atoms with van der Waals surface area (Å²) in [7, 11) is 0. The second kappa shape index (κ2) is 8.19. The van der Waals surface area contributed by atoms with Crippen molar-refractivity contribution < 1.29 is 0 Å². The maximum atomic E-state index is 5.20. The fraction of sp³-hybridized carbons (Fsp3) is 0.444. The molecule has 0 N–H and O–H groups in total. The highest BCUT2D eigenvalue weighted by atomic mass is 15.2. The molecule has 0 bridgehead atoms. The number of aryl methyl sites for hydroxylation is 1. The lowest BCUT2D eigenvalue weighted by molar-refractivity contribution is 0.533. The molecule has 168 valence electrons. The molecule has 0 aliphatic carbocycles. The van der Waals surface area contributed by atoms with Crippen LogP contribution in [0.5, 0.6) is 0 Å². The summed E-state index contributed by atoms with van der Waals surface area (Å²) in [5.41, 5.74) is 3.54. The zero-order valence-corrected chi connectivity index (χ0v) is 20.5. The van der Waals surface area contributed by atoms with Crippen molar-refractivity contribution in [1.29, 1.82) is 0 Å². The van der Waals surface area contributed by atoms with E-state index in [1.165, 1.54) is 0 Å². The van der Waals surface area contributed by atoms with Gasteiger partial charge < -0.3 is 0 Å². The molecule has 2 aromatic carbocycles. The maximum Gasteiger partial charge on any atom is 0.218 e. The Labute approximate surface area is 190 Å². The summed E-state index contributed by atoms with van der Waals surface area (Å²) in [5.74, 6) is 0.891. The Morgan fingerprint density at radius 1 is 0.781 bits per heavy atom. The largest absolute Gasteiger partial charge is 0.296 e. The third-order valence-electron chi connectivity index (χ3n) is 5.28. The van der Waals surface area contributed by atoms with E-state index < -0.39 is 0 Å². The zero-order valence-electron chi connectivity index (χ0n) is 20.5. The van der Waals surface area contributed by atoms with E-state index in [1.807, 2.05) is 6.07 Å². The molecule has 0 radical (unpaired) electrons. The van der Waals surface area contributed by atoms with Crippen LogP contribution in [0.2, 0.25) is 0 Å². The van der Waals surface area contributed by atoms with Gasteiger partial charge in [-0.3, -0.25) is 19.0 Å². The Kier molecular flexibility index (Phi) is 5.70. The van der Waals surface area contributed by atoms with Crippen molar-refractivity contribution in [2.45, 2.75) is 78.9 Å². The lowest BCUT2D eigenvalue weighted by atomic mass is 10.1. The van der Waals surface area contributed by atoms with Crippen LogP contribution in [0.4, 0.5) is 0 Å². The van der Waals surface area contributed by atoms with Crippen LogP contribution in [-0.4, -0.2) is 25.0 Å². The number of hydrogen-bond donors (Lipinski definition) is 0. The lowest BCUT2D eigenvalue weighted by Gasteiger charge is -2.21. The van der Waals surface area contributed by atoms with E-state index in [0.29, 0.717) is 0 Å². The van der Waals surface area contributed by atoms with Crippen molar-refractivity contribution in [2.75, 3.05) is 0 Å². The molecule has 0 saturated carbocycles. The summed E-state index contributed by atoms with van der Waals surface area (Å²) in [6.07, 6.45) is 2.17. The first kappa shape index (κ1) is 22.3. The highest BCUT2D eigenvalue weighted by molar-refractivity contribution is 5.84. The monoisotopic (exact) mass is 429 g/mol. The van der Waals surface area contributed by atoms with Crippen LogP contribution < -0.4 is 11.0 Å². The molecule has 0 atom stereocenters. The molecule has 0 unspecified atom stereocenters. The molecule has 32 heavy (non-hydrogen) atoms. The Morgan fingerprint density at radius 3 is 2.03 bits per heavy atom. The first-order valence-electron chi connectivity index (χ1n) is 11.6. The van der Waals surface area contributed by atoms with Crippen LogP contribution >= 0.6 is 0 Å². The van der Waals surface area contributed by atoms with Gasteiger partial charge in [-0.1, -0.05) is 37.6 Å². The van der Waals surface area contributed by atoms with E-state index in [0.717, 1.165) is 57.9 Å². The summed E-state index contributed by atoms with van der Waals surface area (Å²) in [4.78, 5) is 15.6. The minimum atomic E-state index is -0.228. The molecular weight excluding hydrogens is 394 g/mol. The summed E-state index contributed by atoms with van der Waals surface area (Å²) < 4.78 is 4.53. The van der Waals surface area contributed by atoms with Gasteiger partial charge >= 0.3 is 0 Å². The number of para-hydroxylation sites is 2. The van der Waals surface area contributed by atoms with Gasteiger partial charge in [0.15, 0.2) is 0 Å². The van der Waals surface area contributed by atoms with Gasteiger partial charge in [0.25, 0.3) is 0 Å². The van der Waals surface area contributed by atoms with Crippen LogP contribution in [0.1, 0.15) is 61.3 Å². The van der Waals surface area contributed by atoms with Crippen molar-refractivity contribution in [1.82, 2.24) is 14.0 Å². The quantitative estimate of drug-likeness (QED) is 0.307. The fourth-order valence-electron chi connectivity index (χ4n) is 4.02. The van der Waals surface area contributed by atoms with E-state index in [1.54, 1.807) is 0 Å². The molecule has 0 aliphatic rings. The third-order valence-corrected chi connectivity index (χ3v) is 5.28. The number of aromatic nitrogens is 3. The molecule has 4 rings (SSSR count). The molecule has 0 fully saturated rings. The molecule has 5 heteroatoms. The van der Waals surface area contributed by atoms with Gasteiger partial charge in [0.05, 0.1) is 22.1 Å². The average Bonchev–Trinajstić information content (AvgIpc) is 2.71. The van der Waals surface area contributed by atoms with Gasteiger partial charge in [0.2, 0.25) is 5.78 Å². The zero-order chi connectivity index (χ0) is 23.1. The minimum absolute atomic E-state index is 0.204. The average molecular weight is 430 g/mol. The molecule has 0 amide bonds. The topological polar surface area (TPSA) is 47.0 Å². The van der Waals surface area contributed by atoms with Crippen molar-refractivity contribution in [2.24, 2.45) is 9.98 Å². The van der Waals surface area contributed by atoms with Crippen LogP contribution in [0, 0.1) is 0 Å². The highest BCUT2D eigenvalue weighted by Crippen LogP contribution is 2.18. The van der Waals surface area contributed by atoms with E-state index in [-0.39, 0.29) is 11.1 Å². The number of fused-ring (bicyclic) bond motifs is 4. The first-order chi connectivity index (χ1) is 15.1. The Morgan fingerprint density at radius 2 is 1.38 bits per heavy atom. The molecule has 2 aromatic heterocycles. The predicted molar refractivity (Wildman–Crippen MR) is 134 cm³/mol. The van der Waals surface area contributed by atoms with Crippen molar-refractivity contribution in [3.05, 3.63) is 59.5 Å². The number of nitrogens with zero attached hydrogens (tertiary/aromatic N) is 5. The van der Waals surface area contributed by atoms with Gasteiger partial charge in [-0.2, -0.15) is 0 Å². The van der Waals surface area contributed by atoms with Crippen LogP contribution in [0.3, 0.4) is 0 Å². The van der Waals surface area contributed by atoms with Crippen LogP contribution in [0.15, 0.2) is 58.5 Å². The second-order valence-corrected chi connectivity index (χ2v) is 10.5. The second-order valence-electron chi connectivity index (χ2n) is 10.5. The molecular formula is C27H35N5. The van der Waals surface area contributed by atoms with Gasteiger partial charge in [0.1, 0.15) is 11.0 Å². The van der Waals surface area contributed by atoms with Crippen molar-refractivity contribution in [3.8, 4) is 0 Å². The number of rotatable bonds is 3. The maximum absolute atomic E-state index is 5.20. The normalized spacial score (nSPS) is 14.2. The van der Waals surface area contributed by atoms with Gasteiger partial charge in [-0.15, -0.1) is 0 Å². The number of benzene rings is 2. The van der Waals surface area contributed by atoms with E-state index in [4.69, 9.17) is 15.0 Å². The lowest BCUT2D eigenvalue weighted by Crippen LogP contribution is -2.33. The van der Waals surface area contributed by atoms with E-state index in [2.05, 4.69) is 99.9 Å². The fourth-order valence-corrected chi connectivity index (χ4v) is 4.02. The smallest absolute Gasteiger partial charge is 0.218 e. The molecule has 5 nitrogen and oxygen atoms in total. The highest BCUT2D eigenvalue weighted by Gasteiger charge is 2.17. The SMILES string of the molecule is CCCCn1c(=NC(C)(C)C)c2ccccc2n2c(=NC(C)(C)C)c3ccccc3nc12. The standard InChI is InChI=1S/C27H35N5/c1-8-9-18-31-23(29-26(2,3)4)20-15-11-13-17-22(20)32-24(30-27(5,6)7)19-14-10-12-16-21(19)28-25(31)32/h10-17H,8-9,18H2,1-7H3.